The molecule has 0 rings (SSSR count). The summed E-state index contributed by atoms with van der Waals surface area (Å²) in [4.78, 5) is 74.2. The Balaban J connectivity index is 4.85. The second-order valence-corrected chi connectivity index (χ2v) is 20.1. The van der Waals surface area contributed by atoms with Gasteiger partial charge in [0.2, 0.25) is 23.6 Å². The van der Waals surface area contributed by atoms with E-state index in [9.17, 15) is 33.9 Å². The average molecular weight is 1020 g/mol. The topological polar surface area (TPSA) is 248 Å². The molecule has 0 aromatic heterocycles. The summed E-state index contributed by atoms with van der Waals surface area (Å²) >= 11 is 1.32. The van der Waals surface area contributed by atoms with Gasteiger partial charge in [-0.05, 0) is 12.8 Å². The van der Waals surface area contributed by atoms with Crippen LogP contribution in [0.2, 0.25) is 0 Å². The smallest absolute Gasteiger partial charge is 0.308 e. The summed E-state index contributed by atoms with van der Waals surface area (Å²) < 4.78 is 22.4. The highest BCUT2D eigenvalue weighted by molar-refractivity contribution is 7.99. The molecule has 0 aliphatic rings. The van der Waals surface area contributed by atoms with Crippen LogP contribution in [0.3, 0.4) is 0 Å². The molecule has 16 nitrogen and oxygen atoms in total. The standard InChI is InChI=1S/C53H101N5O11S/c1-5-7-9-11-13-15-17-19-21-23-25-27-29-43(3)52(64)68-35-31-45(69-53(65)44(4)30-28-26-24-22-20-18-16-14-12-10-8-6-2)41-70-42-46(54)50(62)58-47(40-59)51(63)56-33-36-67-38-37-66-34-32-49(61)57-39-48(55)60/h43-47,59H,5-42,54H2,1-4H3,(H2,55,60)(H,56,63)(H,57,61)(H,58,62)/t43?,44?,45-,46+,47+/m1/s1. The summed E-state index contributed by atoms with van der Waals surface area (Å²) in [5.74, 6) is -2.80. The Kier molecular flexibility index (Phi) is 46.2. The van der Waals surface area contributed by atoms with Crippen LogP contribution in [0.15, 0.2) is 0 Å². The summed E-state index contributed by atoms with van der Waals surface area (Å²) in [6.07, 6.45) is 31.4. The van der Waals surface area contributed by atoms with Crippen LogP contribution in [-0.2, 0) is 47.7 Å². The van der Waals surface area contributed by atoms with Gasteiger partial charge in [-0.3, -0.25) is 28.8 Å². The molecule has 410 valence electrons. The molecule has 0 saturated carbocycles. The van der Waals surface area contributed by atoms with E-state index in [1.165, 1.54) is 134 Å². The largest absolute Gasteiger partial charge is 0.465 e. The summed E-state index contributed by atoms with van der Waals surface area (Å²) in [5, 5.41) is 17.3. The van der Waals surface area contributed by atoms with E-state index in [0.29, 0.717) is 12.2 Å². The number of esters is 2. The van der Waals surface area contributed by atoms with Crippen LogP contribution in [0.1, 0.15) is 207 Å². The summed E-state index contributed by atoms with van der Waals surface area (Å²) in [6, 6.07) is -2.26. The van der Waals surface area contributed by atoms with Crippen LogP contribution in [0, 0.1) is 11.8 Å². The fraction of sp³-hybridized carbons (Fsp3) is 0.887. The third-order valence-electron chi connectivity index (χ3n) is 12.4. The maximum absolute atomic E-state index is 13.3. The van der Waals surface area contributed by atoms with Crippen LogP contribution in [0.25, 0.3) is 0 Å². The fourth-order valence-electron chi connectivity index (χ4n) is 7.71. The van der Waals surface area contributed by atoms with Gasteiger partial charge in [-0.25, -0.2) is 0 Å². The predicted octanol–water partition coefficient (Wildman–Crippen LogP) is 7.96. The van der Waals surface area contributed by atoms with Gasteiger partial charge in [-0.1, -0.05) is 182 Å². The molecule has 70 heavy (non-hydrogen) atoms. The Labute approximate surface area is 427 Å². The lowest BCUT2D eigenvalue weighted by molar-refractivity contribution is -0.155. The molecule has 0 heterocycles. The lowest BCUT2D eigenvalue weighted by Gasteiger charge is -2.22. The fourth-order valence-corrected chi connectivity index (χ4v) is 8.75. The van der Waals surface area contributed by atoms with E-state index in [1.54, 1.807) is 0 Å². The monoisotopic (exact) mass is 1020 g/mol. The van der Waals surface area contributed by atoms with E-state index in [1.807, 2.05) is 13.8 Å². The minimum Gasteiger partial charge on any atom is -0.465 e. The van der Waals surface area contributed by atoms with Gasteiger partial charge in [0.15, 0.2) is 0 Å². The van der Waals surface area contributed by atoms with Crippen LogP contribution in [0.4, 0.5) is 0 Å². The van der Waals surface area contributed by atoms with Crippen molar-refractivity contribution >= 4 is 47.3 Å². The number of amides is 4. The second-order valence-electron chi connectivity index (χ2n) is 19.1. The average Bonchev–Trinajstić information content (AvgIpc) is 3.34. The predicted molar refractivity (Wildman–Crippen MR) is 281 cm³/mol. The molecule has 0 spiro atoms. The number of thioether (sulfide) groups is 1. The number of ether oxygens (including phenoxy) is 4. The van der Waals surface area contributed by atoms with E-state index >= 15 is 0 Å². The first-order valence-electron chi connectivity index (χ1n) is 27.5. The Bertz CT molecular complexity index is 1330. The van der Waals surface area contributed by atoms with Crippen molar-refractivity contribution in [2.75, 3.05) is 64.2 Å². The van der Waals surface area contributed by atoms with Gasteiger partial charge in [0.25, 0.3) is 0 Å². The maximum atomic E-state index is 13.3. The van der Waals surface area contributed by atoms with Gasteiger partial charge in [-0.15, -0.1) is 0 Å². The molecule has 8 N–H and O–H groups in total. The SMILES string of the molecule is CCCCCCCCCCCCCCC(C)C(=O)OCC[C@H](CSC[C@H](N)C(=O)N[C@@H](CO)C(=O)NCCOCCOCCC(=O)NCC(N)=O)OC(=O)C(C)CCCCCCCCCCCCCC. The molecule has 17 heteroatoms. The Morgan fingerprint density at radius 1 is 0.557 bits per heavy atom. The van der Waals surface area contributed by atoms with Crippen molar-refractivity contribution in [1.82, 2.24) is 16.0 Å². The molecule has 5 atom stereocenters. The second kappa shape index (κ2) is 48.3. The molecule has 2 unspecified atom stereocenters. The lowest BCUT2D eigenvalue weighted by Crippen LogP contribution is -2.54. The molecule has 4 amide bonds. The first-order chi connectivity index (χ1) is 33.9. The number of hydrogen-bond donors (Lipinski definition) is 6. The Morgan fingerprint density at radius 2 is 1.03 bits per heavy atom. The third-order valence-corrected chi connectivity index (χ3v) is 13.6. The highest BCUT2D eigenvalue weighted by Crippen LogP contribution is 2.20. The molecule has 0 aliphatic heterocycles. The number of primary amides is 1. The Hall–Kier alpha value is -2.99. The third kappa shape index (κ3) is 41.6. The molecule has 0 bridgehead atoms. The van der Waals surface area contributed by atoms with Gasteiger partial charge in [0, 0.05) is 30.9 Å². The molecule has 0 aromatic rings. The number of carbonyl (C=O) groups is 6. The van der Waals surface area contributed by atoms with Crippen molar-refractivity contribution in [3.63, 3.8) is 0 Å². The van der Waals surface area contributed by atoms with Gasteiger partial charge in [0.1, 0.15) is 12.1 Å². The van der Waals surface area contributed by atoms with E-state index in [2.05, 4.69) is 29.8 Å². The van der Waals surface area contributed by atoms with Crippen molar-refractivity contribution < 1.29 is 52.8 Å². The molecule has 0 aromatic carbocycles. The maximum Gasteiger partial charge on any atom is 0.308 e. The van der Waals surface area contributed by atoms with Gasteiger partial charge in [-0.2, -0.15) is 11.8 Å². The van der Waals surface area contributed by atoms with E-state index in [4.69, 9.17) is 30.4 Å². The van der Waals surface area contributed by atoms with Crippen molar-refractivity contribution in [3.05, 3.63) is 0 Å². The number of carbonyl (C=O) groups excluding carboxylic acids is 6. The minimum absolute atomic E-state index is 0.0620. The normalized spacial score (nSPS) is 13.5. The van der Waals surface area contributed by atoms with Gasteiger partial charge >= 0.3 is 11.9 Å². The first kappa shape index (κ1) is 67.0. The number of nitrogens with one attached hydrogen (secondary N) is 3. The van der Waals surface area contributed by atoms with Gasteiger partial charge < -0.3 is 51.5 Å². The zero-order valence-corrected chi connectivity index (χ0v) is 45.2. The molecular weight excluding hydrogens is 915 g/mol. The van der Waals surface area contributed by atoms with Crippen LogP contribution in [0.5, 0.6) is 0 Å². The molecule has 0 fully saturated rings. The number of rotatable bonds is 51. The Morgan fingerprint density at radius 3 is 1.51 bits per heavy atom. The number of aliphatic hydroxyl groups is 1. The van der Waals surface area contributed by atoms with Crippen LogP contribution < -0.4 is 27.4 Å². The highest BCUT2D eigenvalue weighted by Gasteiger charge is 2.25. The van der Waals surface area contributed by atoms with Crippen LogP contribution in [-0.4, -0.2) is 123 Å². The molecule has 0 aliphatic carbocycles. The number of aliphatic hydroxyl groups excluding tert-OH is 1. The van der Waals surface area contributed by atoms with E-state index in [-0.39, 0.29) is 88.0 Å². The van der Waals surface area contributed by atoms with Gasteiger partial charge in [0.05, 0.1) is 64.1 Å². The molecule has 0 radical (unpaired) electrons. The van der Waals surface area contributed by atoms with Crippen molar-refractivity contribution in [2.24, 2.45) is 23.3 Å². The van der Waals surface area contributed by atoms with Crippen LogP contribution >= 0.6 is 11.8 Å². The zero-order valence-electron chi connectivity index (χ0n) is 44.3. The number of nitrogens with two attached hydrogens (primary N) is 2. The number of unbranched alkanes of at least 4 members (excludes halogenated alkanes) is 22. The summed E-state index contributed by atoms with van der Waals surface area (Å²) in [5.41, 5.74) is 11.2. The molecular formula is C53H101N5O11S. The van der Waals surface area contributed by atoms with E-state index in [0.717, 1.165) is 44.9 Å². The minimum atomic E-state index is -1.23. The lowest BCUT2D eigenvalue weighted by atomic mass is 10.0. The summed E-state index contributed by atoms with van der Waals surface area (Å²) in [6.45, 7) is 8.29. The molecule has 0 saturated heterocycles. The van der Waals surface area contributed by atoms with Crippen molar-refractivity contribution in [2.45, 2.75) is 226 Å². The first-order valence-corrected chi connectivity index (χ1v) is 28.6. The number of hydrogen-bond acceptors (Lipinski definition) is 13. The zero-order chi connectivity index (χ0) is 51.9. The highest BCUT2D eigenvalue weighted by atomic mass is 32.2. The van der Waals surface area contributed by atoms with Crippen molar-refractivity contribution in [3.8, 4) is 0 Å². The summed E-state index contributed by atoms with van der Waals surface area (Å²) in [7, 11) is 0. The van der Waals surface area contributed by atoms with E-state index < -0.39 is 42.5 Å². The quantitative estimate of drug-likeness (QED) is 0.0250. The van der Waals surface area contributed by atoms with Crippen molar-refractivity contribution in [1.29, 1.82) is 0 Å².